The molecule has 0 heterocycles. The van der Waals surface area contributed by atoms with Gasteiger partial charge < -0.3 is 18.8 Å². The molecule has 0 aliphatic rings. The summed E-state index contributed by atoms with van der Waals surface area (Å²) in [5, 5.41) is 0. The Kier molecular flexibility index (Phi) is 5.44. The van der Waals surface area contributed by atoms with Gasteiger partial charge in [0.1, 0.15) is 0 Å². The quantitative estimate of drug-likeness (QED) is 0.660. The molecule has 0 rings (SSSR count). The molecular weight excluding hydrogens is 190 g/mol. The van der Waals surface area contributed by atoms with E-state index in [9.17, 15) is 4.57 Å². The lowest BCUT2D eigenvalue weighted by molar-refractivity contribution is 0.268. The van der Waals surface area contributed by atoms with Crippen LogP contribution in [0, 0.1) is 0 Å². The summed E-state index contributed by atoms with van der Waals surface area (Å²) in [5.41, 5.74) is 0. The third-order valence-corrected chi connectivity index (χ3v) is 4.04. The molecule has 11 heavy (non-hydrogen) atoms. The first-order valence-electron chi connectivity index (χ1n) is 3.14. The van der Waals surface area contributed by atoms with Gasteiger partial charge in [-0.1, -0.05) is 0 Å². The molecule has 0 aromatic rings. The largest absolute Gasteiger partial charge is 0.400 e. The van der Waals surface area contributed by atoms with E-state index in [4.69, 9.17) is 18.8 Å². The van der Waals surface area contributed by atoms with E-state index in [2.05, 4.69) is 0 Å². The highest BCUT2D eigenvalue weighted by molar-refractivity contribution is 8.23. The molecule has 2 N–H and O–H groups in total. The van der Waals surface area contributed by atoms with Crippen LogP contribution in [0.5, 0.6) is 0 Å². The van der Waals surface area contributed by atoms with Gasteiger partial charge in [0, 0.05) is 0 Å². The lowest BCUT2D eigenvalue weighted by atomic mass is 10.9. The maximum atomic E-state index is 10.6. The fraction of sp³-hybridized carbons (Fsp3) is 1.00. The molecule has 0 aliphatic carbocycles. The number of hydrogen-bond donors (Lipinski definition) is 2. The summed E-state index contributed by atoms with van der Waals surface area (Å²) in [6.07, 6.45) is 0. The topological polar surface area (TPSA) is 76.0 Å². The van der Waals surface area contributed by atoms with Gasteiger partial charge in [-0.3, -0.25) is 4.57 Å². The van der Waals surface area contributed by atoms with Gasteiger partial charge in [-0.15, -0.1) is 0 Å². The lowest BCUT2D eigenvalue weighted by Gasteiger charge is -2.15. The molecule has 0 fully saturated rings. The molecule has 0 aromatic heterocycles. The highest BCUT2D eigenvalue weighted by Crippen LogP contribution is 2.71. The van der Waals surface area contributed by atoms with Crippen LogP contribution in [0.2, 0.25) is 0 Å². The lowest BCUT2D eigenvalue weighted by Crippen LogP contribution is -1.91. The van der Waals surface area contributed by atoms with E-state index in [1.54, 1.807) is 13.8 Å². The fourth-order valence-corrected chi connectivity index (χ4v) is 2.82. The summed E-state index contributed by atoms with van der Waals surface area (Å²) in [5.74, 6) is 0. The molecule has 0 spiro atoms. The number of rotatable bonds is 5. The van der Waals surface area contributed by atoms with Crippen molar-refractivity contribution < 1.29 is 23.4 Å². The van der Waals surface area contributed by atoms with E-state index in [1.807, 2.05) is 0 Å². The van der Waals surface area contributed by atoms with Crippen LogP contribution in [0.25, 0.3) is 0 Å². The van der Waals surface area contributed by atoms with Crippen molar-refractivity contribution in [2.75, 3.05) is 13.2 Å². The minimum absolute atomic E-state index is 0.247. The fourth-order valence-electron chi connectivity index (χ4n) is 0.409. The monoisotopic (exact) mass is 202 g/mol. The summed E-state index contributed by atoms with van der Waals surface area (Å²) < 4.78 is 20.0. The molecule has 0 radical (unpaired) electrons. The molecule has 0 aromatic carbocycles. The zero-order valence-electron chi connectivity index (χ0n) is 6.43. The van der Waals surface area contributed by atoms with Gasteiger partial charge in [0.25, 0.3) is 8.06 Å². The van der Waals surface area contributed by atoms with Crippen LogP contribution in [0.1, 0.15) is 13.8 Å². The Labute approximate surface area is 66.7 Å². The van der Waals surface area contributed by atoms with Crippen molar-refractivity contribution in [1.82, 2.24) is 0 Å². The minimum atomic E-state index is -4.19. The molecule has 0 unspecified atom stereocenters. The maximum Gasteiger partial charge on any atom is 0.400 e. The standard InChI is InChI=1S/C4H12O5P2/c1-3-8-10(9-4-2)11(5,6)7/h3-4H2,1-2H3,(H2,5,6,7). The van der Waals surface area contributed by atoms with Crippen LogP contribution in [-0.4, -0.2) is 23.0 Å². The molecule has 7 heteroatoms. The molecule has 68 valence electrons. The maximum absolute atomic E-state index is 10.6. The first-order valence-corrected chi connectivity index (χ1v) is 6.63. The molecule has 0 aliphatic heterocycles. The number of hydrogen-bond acceptors (Lipinski definition) is 3. The van der Waals surface area contributed by atoms with Crippen molar-refractivity contribution >= 4 is 15.3 Å². The minimum Gasteiger partial charge on any atom is -0.326 e. The highest BCUT2D eigenvalue weighted by atomic mass is 32.1. The average Bonchev–Trinajstić information content (AvgIpc) is 1.85. The van der Waals surface area contributed by atoms with E-state index < -0.39 is 15.3 Å². The normalized spacial score (nSPS) is 12.5. The van der Waals surface area contributed by atoms with Crippen molar-refractivity contribution in [2.24, 2.45) is 0 Å². The Morgan fingerprint density at radius 2 is 1.64 bits per heavy atom. The Morgan fingerprint density at radius 3 is 1.82 bits per heavy atom. The SMILES string of the molecule is CCOP(OCC)P(=O)(O)O. The third-order valence-electron chi connectivity index (χ3n) is 0.692. The van der Waals surface area contributed by atoms with Crippen LogP contribution in [0.15, 0.2) is 0 Å². The molecule has 0 saturated carbocycles. The van der Waals surface area contributed by atoms with Crippen molar-refractivity contribution in [3.63, 3.8) is 0 Å². The molecule has 0 atom stereocenters. The zero-order valence-corrected chi connectivity index (χ0v) is 8.22. The first kappa shape index (κ1) is 11.5. The molecule has 0 saturated heterocycles. The van der Waals surface area contributed by atoms with Gasteiger partial charge in [0.15, 0.2) is 0 Å². The Morgan fingerprint density at radius 1 is 1.27 bits per heavy atom. The van der Waals surface area contributed by atoms with E-state index in [0.717, 1.165) is 0 Å². The third kappa shape index (κ3) is 4.86. The van der Waals surface area contributed by atoms with Crippen molar-refractivity contribution in [3.8, 4) is 0 Å². The molecule has 5 nitrogen and oxygen atoms in total. The van der Waals surface area contributed by atoms with Crippen LogP contribution in [0.3, 0.4) is 0 Å². The Balaban J connectivity index is 3.99. The summed E-state index contributed by atoms with van der Waals surface area (Å²) in [4.78, 5) is 17.3. The van der Waals surface area contributed by atoms with E-state index in [1.165, 1.54) is 0 Å². The summed E-state index contributed by atoms with van der Waals surface area (Å²) in [6.45, 7) is 3.81. The highest BCUT2D eigenvalue weighted by Gasteiger charge is 2.31. The van der Waals surface area contributed by atoms with Gasteiger partial charge in [-0.2, -0.15) is 0 Å². The summed E-state index contributed by atoms with van der Waals surface area (Å²) in [6, 6.07) is 0. The van der Waals surface area contributed by atoms with Crippen molar-refractivity contribution in [2.45, 2.75) is 13.8 Å². The van der Waals surface area contributed by atoms with E-state index in [0.29, 0.717) is 0 Å². The summed E-state index contributed by atoms with van der Waals surface area (Å²) in [7, 11) is -6.22. The van der Waals surface area contributed by atoms with Gasteiger partial charge in [0.2, 0.25) is 0 Å². The average molecular weight is 202 g/mol. The van der Waals surface area contributed by atoms with Crippen molar-refractivity contribution in [1.29, 1.82) is 0 Å². The first-order chi connectivity index (χ1) is 5.02. The second-order valence-corrected chi connectivity index (χ2v) is 6.15. The summed E-state index contributed by atoms with van der Waals surface area (Å²) >= 11 is 0. The van der Waals surface area contributed by atoms with Gasteiger partial charge in [0.05, 0.1) is 13.2 Å². The smallest absolute Gasteiger partial charge is 0.326 e. The molecule has 0 bridgehead atoms. The molecular formula is C4H12O5P2. The van der Waals surface area contributed by atoms with Crippen molar-refractivity contribution in [3.05, 3.63) is 0 Å². The van der Waals surface area contributed by atoms with Gasteiger partial charge in [-0.05, 0) is 13.8 Å². The van der Waals surface area contributed by atoms with Crippen LogP contribution < -0.4 is 0 Å². The predicted molar refractivity (Wildman–Crippen MR) is 42.2 cm³/mol. The Hall–Kier alpha value is 0.500. The zero-order chi connectivity index (χ0) is 8.91. The van der Waals surface area contributed by atoms with Gasteiger partial charge in [-0.25, -0.2) is 0 Å². The molecule has 0 amide bonds. The second-order valence-electron chi connectivity index (χ2n) is 1.59. The van der Waals surface area contributed by atoms with E-state index in [-0.39, 0.29) is 13.2 Å². The van der Waals surface area contributed by atoms with E-state index >= 15 is 0 Å². The van der Waals surface area contributed by atoms with Crippen LogP contribution >= 0.6 is 15.3 Å². The van der Waals surface area contributed by atoms with Crippen LogP contribution in [-0.2, 0) is 13.6 Å². The predicted octanol–water partition coefficient (Wildman–Crippen LogP) is 1.46. The Bertz CT molecular complexity index is 137. The van der Waals surface area contributed by atoms with Crippen LogP contribution in [0.4, 0.5) is 0 Å². The second kappa shape index (κ2) is 5.20. The van der Waals surface area contributed by atoms with Gasteiger partial charge >= 0.3 is 7.28 Å².